The van der Waals surface area contributed by atoms with Crippen LogP contribution in [0.15, 0.2) is 66.5 Å². The lowest BCUT2D eigenvalue weighted by Crippen LogP contribution is -2.48. The second-order valence-electron chi connectivity index (χ2n) is 12.3. The first-order valence-corrected chi connectivity index (χ1v) is 16.3. The molecule has 0 radical (unpaired) electrons. The SMILES string of the molecule is COC1CCN(c2cccc3c2CCN(C(=O)/C(N)=C/N(N)c2cccc(Cl)c2F)C3C(=O)Nc2ccc3c(c2)CCC(=O)N3C)CC1. The van der Waals surface area contributed by atoms with E-state index < -0.39 is 23.7 Å². The van der Waals surface area contributed by atoms with Gasteiger partial charge in [-0.05, 0) is 78.8 Å². The van der Waals surface area contributed by atoms with Gasteiger partial charge < -0.3 is 30.5 Å². The van der Waals surface area contributed by atoms with Crippen molar-refractivity contribution >= 4 is 52.1 Å². The summed E-state index contributed by atoms with van der Waals surface area (Å²) in [6, 6.07) is 14.5. The van der Waals surface area contributed by atoms with E-state index in [0.717, 1.165) is 59.6 Å². The van der Waals surface area contributed by atoms with Gasteiger partial charge in [0.05, 0.1) is 23.0 Å². The predicted molar refractivity (Wildman–Crippen MR) is 184 cm³/mol. The van der Waals surface area contributed by atoms with Crippen LogP contribution in [0.5, 0.6) is 0 Å². The van der Waals surface area contributed by atoms with Crippen molar-refractivity contribution in [2.24, 2.45) is 11.6 Å². The van der Waals surface area contributed by atoms with E-state index in [2.05, 4.69) is 16.3 Å². The predicted octanol–water partition coefficient (Wildman–Crippen LogP) is 4.25. The highest BCUT2D eigenvalue weighted by molar-refractivity contribution is 6.31. The number of piperidine rings is 1. The molecule has 13 heteroatoms. The van der Waals surface area contributed by atoms with Crippen molar-refractivity contribution < 1.29 is 23.5 Å². The molecule has 0 aliphatic carbocycles. The molecule has 252 valence electrons. The van der Waals surface area contributed by atoms with E-state index in [1.54, 1.807) is 25.1 Å². The van der Waals surface area contributed by atoms with Crippen LogP contribution in [0.1, 0.15) is 42.0 Å². The molecular formula is C35H39ClFN7O4. The highest BCUT2D eigenvalue weighted by Crippen LogP contribution is 2.38. The fraction of sp³-hybridized carbons (Fsp3) is 0.343. The highest BCUT2D eigenvalue weighted by Gasteiger charge is 2.39. The van der Waals surface area contributed by atoms with Gasteiger partial charge in [0.25, 0.3) is 11.8 Å². The second kappa shape index (κ2) is 13.8. The monoisotopic (exact) mass is 675 g/mol. The minimum atomic E-state index is -1.03. The summed E-state index contributed by atoms with van der Waals surface area (Å²) in [5, 5.41) is 3.79. The van der Waals surface area contributed by atoms with Gasteiger partial charge in [0.2, 0.25) is 5.91 Å². The average molecular weight is 676 g/mol. The molecule has 3 aromatic carbocycles. The quantitative estimate of drug-likeness (QED) is 0.192. The van der Waals surface area contributed by atoms with Crippen LogP contribution in [0.4, 0.5) is 27.1 Å². The normalized spacial score (nSPS) is 18.4. The van der Waals surface area contributed by atoms with Crippen LogP contribution < -0.4 is 31.7 Å². The Hall–Kier alpha value is -4.65. The van der Waals surface area contributed by atoms with Crippen LogP contribution in [-0.4, -0.2) is 62.5 Å². The van der Waals surface area contributed by atoms with E-state index in [-0.39, 0.29) is 35.0 Å². The number of rotatable bonds is 7. The topological polar surface area (TPSA) is 137 Å². The zero-order valence-electron chi connectivity index (χ0n) is 26.9. The van der Waals surface area contributed by atoms with E-state index in [1.807, 2.05) is 24.3 Å². The number of nitrogens with zero attached hydrogens (tertiary/aromatic N) is 4. The Bertz CT molecular complexity index is 1780. The van der Waals surface area contributed by atoms with Crippen LogP contribution in [-0.2, 0) is 32.0 Å². The molecule has 0 spiro atoms. The van der Waals surface area contributed by atoms with Crippen molar-refractivity contribution in [1.29, 1.82) is 0 Å². The van der Waals surface area contributed by atoms with Gasteiger partial charge in [-0.2, -0.15) is 0 Å². The first-order chi connectivity index (χ1) is 23.1. The van der Waals surface area contributed by atoms with Crippen molar-refractivity contribution in [2.45, 2.75) is 44.2 Å². The van der Waals surface area contributed by atoms with Crippen LogP contribution in [0.3, 0.4) is 0 Å². The summed E-state index contributed by atoms with van der Waals surface area (Å²) in [5.41, 5.74) is 10.9. The molecule has 3 aliphatic heterocycles. The Labute approximate surface area is 283 Å². The number of ether oxygens (including phenoxy) is 1. The fourth-order valence-electron chi connectivity index (χ4n) is 6.86. The average Bonchev–Trinajstić information content (AvgIpc) is 3.09. The molecule has 1 unspecified atom stereocenters. The molecule has 0 bridgehead atoms. The Kier molecular flexibility index (Phi) is 9.58. The number of anilines is 4. The summed E-state index contributed by atoms with van der Waals surface area (Å²) >= 11 is 5.93. The minimum Gasteiger partial charge on any atom is -0.393 e. The van der Waals surface area contributed by atoms with Gasteiger partial charge in [-0.25, -0.2) is 10.2 Å². The molecule has 3 aromatic rings. The van der Waals surface area contributed by atoms with Gasteiger partial charge in [-0.1, -0.05) is 29.8 Å². The molecular weight excluding hydrogens is 637 g/mol. The van der Waals surface area contributed by atoms with E-state index in [9.17, 15) is 18.8 Å². The number of benzene rings is 3. The van der Waals surface area contributed by atoms with Crippen molar-refractivity contribution in [3.8, 4) is 0 Å². The molecule has 6 rings (SSSR count). The molecule has 3 heterocycles. The largest absolute Gasteiger partial charge is 0.393 e. The molecule has 0 saturated carbocycles. The number of nitrogens with two attached hydrogens (primary N) is 2. The number of methoxy groups -OCH3 is 1. The molecule has 0 aromatic heterocycles. The Balaban J connectivity index is 1.33. The number of carbonyl (C=O) groups excluding carboxylic acids is 3. The van der Waals surface area contributed by atoms with Gasteiger partial charge in [-0.15, -0.1) is 0 Å². The molecule has 1 saturated heterocycles. The number of amides is 3. The minimum absolute atomic E-state index is 0.0364. The van der Waals surface area contributed by atoms with Crippen molar-refractivity contribution in [3.05, 3.63) is 94.0 Å². The van der Waals surface area contributed by atoms with Crippen LogP contribution in [0.2, 0.25) is 5.02 Å². The summed E-state index contributed by atoms with van der Waals surface area (Å²) in [5.74, 6) is 4.32. The van der Waals surface area contributed by atoms with Crippen LogP contribution >= 0.6 is 11.6 Å². The lowest BCUT2D eigenvalue weighted by Gasteiger charge is -2.40. The third-order valence-corrected chi connectivity index (χ3v) is 9.74. The zero-order chi connectivity index (χ0) is 34.1. The Morgan fingerprint density at radius 1 is 1.04 bits per heavy atom. The third-order valence-electron chi connectivity index (χ3n) is 9.45. The van der Waals surface area contributed by atoms with E-state index in [4.69, 9.17) is 27.9 Å². The van der Waals surface area contributed by atoms with E-state index in [1.165, 1.54) is 23.1 Å². The van der Waals surface area contributed by atoms with Crippen molar-refractivity contribution in [3.63, 3.8) is 0 Å². The summed E-state index contributed by atoms with van der Waals surface area (Å²) in [6.07, 6.45) is 4.54. The number of hydrazine groups is 1. The number of aryl methyl sites for hydroxylation is 1. The fourth-order valence-corrected chi connectivity index (χ4v) is 7.03. The Morgan fingerprint density at radius 2 is 1.79 bits per heavy atom. The van der Waals surface area contributed by atoms with Gasteiger partial charge in [0.1, 0.15) is 11.7 Å². The van der Waals surface area contributed by atoms with Gasteiger partial charge in [0.15, 0.2) is 5.82 Å². The first kappa shape index (κ1) is 33.3. The lowest BCUT2D eigenvalue weighted by atomic mass is 9.89. The number of carbonyl (C=O) groups is 3. The standard InChI is InChI=1S/C35H39ClFN7O4/c1-41-28-11-10-22(19-21(28)9-12-31(41)45)40-34(46)33-25-5-3-7-29(42-16-13-23(48-2)14-17-42)24(25)15-18-43(33)35(47)27(38)20-44(39)30-8-4-6-26(36)32(30)37/h3-8,10-11,19-20,23,33H,9,12-18,38-39H2,1-2H3,(H,40,46)/b27-20-. The Morgan fingerprint density at radius 3 is 2.54 bits per heavy atom. The second-order valence-corrected chi connectivity index (χ2v) is 12.7. The van der Waals surface area contributed by atoms with Gasteiger partial charge >= 0.3 is 0 Å². The van der Waals surface area contributed by atoms with E-state index >= 15 is 0 Å². The van der Waals surface area contributed by atoms with Crippen molar-refractivity contribution in [1.82, 2.24) is 4.90 Å². The molecule has 48 heavy (non-hydrogen) atoms. The maximum Gasteiger partial charge on any atom is 0.272 e. The summed E-state index contributed by atoms with van der Waals surface area (Å²) in [6.45, 7) is 1.82. The van der Waals surface area contributed by atoms with Gasteiger partial charge in [0, 0.05) is 57.3 Å². The first-order valence-electron chi connectivity index (χ1n) is 15.9. The number of hydrogen-bond acceptors (Lipinski definition) is 8. The van der Waals surface area contributed by atoms with Crippen LogP contribution in [0.25, 0.3) is 0 Å². The molecule has 1 atom stereocenters. The summed E-state index contributed by atoms with van der Waals surface area (Å²) in [4.78, 5) is 45.8. The summed E-state index contributed by atoms with van der Waals surface area (Å²) in [7, 11) is 3.47. The third kappa shape index (κ3) is 6.43. The number of hydrogen-bond donors (Lipinski definition) is 3. The smallest absolute Gasteiger partial charge is 0.272 e. The molecule has 5 N–H and O–H groups in total. The van der Waals surface area contributed by atoms with Crippen LogP contribution in [0, 0.1) is 5.82 Å². The van der Waals surface area contributed by atoms with Crippen molar-refractivity contribution in [2.75, 3.05) is 53.9 Å². The molecule has 3 aliphatic rings. The maximum atomic E-state index is 14.7. The highest BCUT2D eigenvalue weighted by atomic mass is 35.5. The molecule has 1 fully saturated rings. The zero-order valence-corrected chi connectivity index (χ0v) is 27.7. The number of halogens is 2. The maximum absolute atomic E-state index is 14.7. The summed E-state index contributed by atoms with van der Waals surface area (Å²) < 4.78 is 20.2. The molecule has 3 amide bonds. The van der Waals surface area contributed by atoms with E-state index in [0.29, 0.717) is 30.5 Å². The lowest BCUT2D eigenvalue weighted by molar-refractivity contribution is -0.136. The number of fused-ring (bicyclic) bond motifs is 2. The molecule has 11 nitrogen and oxygen atoms in total. The van der Waals surface area contributed by atoms with Gasteiger partial charge in [-0.3, -0.25) is 19.4 Å². The number of nitrogens with one attached hydrogen (secondary N) is 1.